The van der Waals surface area contributed by atoms with Gasteiger partial charge in [0.05, 0.1) is 30.8 Å². The molecule has 0 aliphatic carbocycles. The zero-order chi connectivity index (χ0) is 25.5. The number of para-hydroxylation sites is 2. The molecule has 0 saturated carbocycles. The normalized spacial score (nSPS) is 14.9. The first-order chi connectivity index (χ1) is 17.4. The van der Waals surface area contributed by atoms with Crippen LogP contribution in [0.25, 0.3) is 0 Å². The maximum atomic E-state index is 13.5. The first-order valence-electron chi connectivity index (χ1n) is 11.8. The molecule has 3 aromatic carbocycles. The highest BCUT2D eigenvalue weighted by Crippen LogP contribution is 2.37. The number of carbonyl (C=O) groups is 1. The van der Waals surface area contributed by atoms with Gasteiger partial charge in [0.15, 0.2) is 6.10 Å². The van der Waals surface area contributed by atoms with Gasteiger partial charge in [-0.1, -0.05) is 37.6 Å². The number of fused-ring (bicyclic) bond motifs is 1. The molecule has 0 radical (unpaired) electrons. The highest BCUT2D eigenvalue weighted by molar-refractivity contribution is 7.92. The van der Waals surface area contributed by atoms with E-state index in [-0.39, 0.29) is 24.6 Å². The number of rotatable bonds is 10. The predicted molar refractivity (Wildman–Crippen MR) is 137 cm³/mol. The summed E-state index contributed by atoms with van der Waals surface area (Å²) in [6, 6.07) is 20.8. The third kappa shape index (κ3) is 5.73. The number of methoxy groups -OCH3 is 1. The Labute approximate surface area is 211 Å². The van der Waals surface area contributed by atoms with Crippen LogP contribution in [0.15, 0.2) is 77.7 Å². The molecule has 1 heterocycles. The van der Waals surface area contributed by atoms with Crippen molar-refractivity contribution < 1.29 is 27.4 Å². The van der Waals surface area contributed by atoms with Crippen LogP contribution < -0.4 is 23.8 Å². The lowest BCUT2D eigenvalue weighted by Gasteiger charge is -2.34. The second-order valence-electron chi connectivity index (χ2n) is 8.32. The fraction of sp³-hybridized carbons (Fsp3) is 0.296. The number of anilines is 1. The van der Waals surface area contributed by atoms with Crippen molar-refractivity contribution in [3.8, 4) is 17.2 Å². The third-order valence-corrected chi connectivity index (χ3v) is 7.60. The van der Waals surface area contributed by atoms with Crippen LogP contribution in [0.5, 0.6) is 17.2 Å². The number of ether oxygens (including phenoxy) is 3. The maximum absolute atomic E-state index is 13.5. The summed E-state index contributed by atoms with van der Waals surface area (Å²) >= 11 is 0. The predicted octanol–water partition coefficient (Wildman–Crippen LogP) is 3.80. The molecule has 4 rings (SSSR count). The molecule has 0 fully saturated rings. The van der Waals surface area contributed by atoms with Crippen molar-refractivity contribution in [2.45, 2.75) is 30.8 Å². The molecule has 0 spiro atoms. The Morgan fingerprint density at radius 3 is 2.42 bits per heavy atom. The SMILES string of the molecule is CCCc1ccc(OCCNC(=O)[C@H]2CN(S(=O)(=O)c3ccc(OC)cc3)c3ccccc3O2)cc1. The van der Waals surface area contributed by atoms with E-state index in [1.54, 1.807) is 36.4 Å². The molecule has 0 bridgehead atoms. The lowest BCUT2D eigenvalue weighted by atomic mass is 10.1. The molecule has 0 saturated heterocycles. The summed E-state index contributed by atoms with van der Waals surface area (Å²) in [5.41, 5.74) is 1.63. The molecule has 1 aliphatic heterocycles. The number of amides is 1. The molecule has 8 nitrogen and oxygen atoms in total. The first-order valence-corrected chi connectivity index (χ1v) is 13.3. The van der Waals surface area contributed by atoms with Crippen LogP contribution in [0.3, 0.4) is 0 Å². The number of nitrogens with zero attached hydrogens (tertiary/aromatic N) is 1. The van der Waals surface area contributed by atoms with Crippen LogP contribution in [0.1, 0.15) is 18.9 Å². The smallest absolute Gasteiger partial charge is 0.264 e. The first kappa shape index (κ1) is 25.4. The largest absolute Gasteiger partial charge is 0.497 e. The molecule has 0 aromatic heterocycles. The van der Waals surface area contributed by atoms with Gasteiger partial charge in [0, 0.05) is 0 Å². The molecule has 1 aliphatic rings. The number of hydrogen-bond acceptors (Lipinski definition) is 6. The van der Waals surface area contributed by atoms with Gasteiger partial charge in [-0.2, -0.15) is 0 Å². The average molecular weight is 511 g/mol. The Hall–Kier alpha value is -3.72. The molecule has 1 N–H and O–H groups in total. The Balaban J connectivity index is 1.41. The highest BCUT2D eigenvalue weighted by Gasteiger charge is 2.37. The molecule has 1 amide bonds. The summed E-state index contributed by atoms with van der Waals surface area (Å²) in [6.45, 7) is 2.50. The van der Waals surface area contributed by atoms with Crippen molar-refractivity contribution in [3.05, 3.63) is 78.4 Å². The summed E-state index contributed by atoms with van der Waals surface area (Å²) in [5.74, 6) is 1.18. The lowest BCUT2D eigenvalue weighted by molar-refractivity contribution is -0.127. The van der Waals surface area contributed by atoms with Gasteiger partial charge in [0.25, 0.3) is 15.9 Å². The summed E-state index contributed by atoms with van der Waals surface area (Å²) < 4.78 is 44.9. The van der Waals surface area contributed by atoms with Crippen molar-refractivity contribution in [3.63, 3.8) is 0 Å². The molecular formula is C27H30N2O6S. The minimum atomic E-state index is -3.94. The van der Waals surface area contributed by atoms with Crippen LogP contribution in [0.2, 0.25) is 0 Å². The van der Waals surface area contributed by atoms with E-state index in [2.05, 4.69) is 12.2 Å². The van der Waals surface area contributed by atoms with E-state index in [0.29, 0.717) is 17.2 Å². The van der Waals surface area contributed by atoms with E-state index >= 15 is 0 Å². The van der Waals surface area contributed by atoms with Crippen LogP contribution in [0, 0.1) is 0 Å². The molecular weight excluding hydrogens is 480 g/mol. The number of benzene rings is 3. The van der Waals surface area contributed by atoms with Gasteiger partial charge < -0.3 is 19.5 Å². The quantitative estimate of drug-likeness (QED) is 0.417. The van der Waals surface area contributed by atoms with Crippen molar-refractivity contribution in [2.75, 3.05) is 31.1 Å². The Morgan fingerprint density at radius 2 is 1.72 bits per heavy atom. The van der Waals surface area contributed by atoms with Crippen LogP contribution >= 0.6 is 0 Å². The van der Waals surface area contributed by atoms with E-state index in [9.17, 15) is 13.2 Å². The zero-order valence-electron chi connectivity index (χ0n) is 20.3. The minimum Gasteiger partial charge on any atom is -0.497 e. The molecule has 36 heavy (non-hydrogen) atoms. The standard InChI is InChI=1S/C27H30N2O6S/c1-3-6-20-9-11-22(12-10-20)34-18-17-28-27(30)26-19-29(24-7-4-5-8-25(24)35-26)36(31,32)23-15-13-21(33-2)14-16-23/h4-5,7-16,26H,3,6,17-19H2,1-2H3,(H,28,30)/t26-/m1/s1. The van der Waals surface area contributed by atoms with Crippen molar-refractivity contribution in [1.29, 1.82) is 0 Å². The number of carbonyl (C=O) groups excluding carboxylic acids is 1. The second-order valence-corrected chi connectivity index (χ2v) is 10.2. The highest BCUT2D eigenvalue weighted by atomic mass is 32.2. The topological polar surface area (TPSA) is 94.2 Å². The number of aryl methyl sites for hydroxylation is 1. The van der Waals surface area contributed by atoms with E-state index < -0.39 is 22.0 Å². The van der Waals surface area contributed by atoms with Crippen molar-refractivity contribution in [2.24, 2.45) is 0 Å². The molecule has 3 aromatic rings. The van der Waals surface area contributed by atoms with Gasteiger partial charge in [-0.25, -0.2) is 8.42 Å². The average Bonchev–Trinajstić information content (AvgIpc) is 2.91. The second kappa shape index (κ2) is 11.3. The fourth-order valence-corrected chi connectivity index (χ4v) is 5.42. The molecule has 190 valence electrons. The number of sulfonamides is 1. The molecule has 1 atom stereocenters. The summed E-state index contributed by atoms with van der Waals surface area (Å²) in [5, 5.41) is 2.79. The summed E-state index contributed by atoms with van der Waals surface area (Å²) in [6.07, 6.45) is 1.09. The van der Waals surface area contributed by atoms with Gasteiger partial charge in [0.1, 0.15) is 23.9 Å². The molecule has 9 heteroatoms. The summed E-state index contributed by atoms with van der Waals surface area (Å²) in [4.78, 5) is 13.0. The van der Waals surface area contributed by atoms with E-state index in [1.165, 1.54) is 29.1 Å². The Kier molecular flexibility index (Phi) is 8.00. The lowest BCUT2D eigenvalue weighted by Crippen LogP contribution is -2.51. The maximum Gasteiger partial charge on any atom is 0.264 e. The van der Waals surface area contributed by atoms with Gasteiger partial charge >= 0.3 is 0 Å². The van der Waals surface area contributed by atoms with E-state index in [1.807, 2.05) is 24.3 Å². The van der Waals surface area contributed by atoms with Crippen LogP contribution in [-0.4, -0.2) is 47.2 Å². The van der Waals surface area contributed by atoms with Crippen LogP contribution in [0.4, 0.5) is 5.69 Å². The van der Waals surface area contributed by atoms with E-state index in [0.717, 1.165) is 18.6 Å². The summed E-state index contributed by atoms with van der Waals surface area (Å²) in [7, 11) is -2.43. The van der Waals surface area contributed by atoms with Crippen molar-refractivity contribution in [1.82, 2.24) is 5.32 Å². The number of hydrogen-bond donors (Lipinski definition) is 1. The van der Waals surface area contributed by atoms with Crippen molar-refractivity contribution >= 4 is 21.6 Å². The number of nitrogens with one attached hydrogen (secondary N) is 1. The Bertz CT molecular complexity index is 1280. The fourth-order valence-electron chi connectivity index (χ4n) is 3.94. The van der Waals surface area contributed by atoms with Crippen LogP contribution in [-0.2, 0) is 21.2 Å². The van der Waals surface area contributed by atoms with E-state index in [4.69, 9.17) is 14.2 Å². The monoisotopic (exact) mass is 510 g/mol. The van der Waals surface area contributed by atoms with Gasteiger partial charge in [-0.05, 0) is 60.5 Å². The minimum absolute atomic E-state index is 0.0949. The Morgan fingerprint density at radius 1 is 1.03 bits per heavy atom. The van der Waals surface area contributed by atoms with Gasteiger partial charge in [0.2, 0.25) is 0 Å². The molecule has 0 unspecified atom stereocenters. The zero-order valence-corrected chi connectivity index (χ0v) is 21.2. The van der Waals surface area contributed by atoms with Gasteiger partial charge in [-0.3, -0.25) is 9.10 Å². The third-order valence-electron chi connectivity index (χ3n) is 5.81. The van der Waals surface area contributed by atoms with Gasteiger partial charge in [-0.15, -0.1) is 0 Å².